The fourth-order valence-electron chi connectivity index (χ4n) is 4.97. The Kier molecular flexibility index (Phi) is 6.16. The molecular formula is C22H31N3O4S. The van der Waals surface area contributed by atoms with Crippen molar-refractivity contribution in [2.45, 2.75) is 68.8 Å². The highest BCUT2D eigenvalue weighted by Gasteiger charge is 2.46. The molecule has 1 aliphatic carbocycles. The van der Waals surface area contributed by atoms with E-state index in [9.17, 15) is 18.0 Å². The van der Waals surface area contributed by atoms with Crippen LogP contribution in [0.1, 0.15) is 50.5 Å². The first-order chi connectivity index (χ1) is 14.4. The molecule has 3 fully saturated rings. The molecule has 164 valence electrons. The van der Waals surface area contributed by atoms with Gasteiger partial charge < -0.3 is 4.90 Å². The smallest absolute Gasteiger partial charge is 0.267 e. The maximum absolute atomic E-state index is 13.2. The van der Waals surface area contributed by atoms with Crippen molar-refractivity contribution in [1.29, 1.82) is 0 Å². The lowest BCUT2D eigenvalue weighted by Crippen LogP contribution is -2.56. The predicted molar refractivity (Wildman–Crippen MR) is 113 cm³/mol. The van der Waals surface area contributed by atoms with Crippen molar-refractivity contribution >= 4 is 21.8 Å². The number of carbonyl (C=O) groups is 2. The molecule has 0 spiro atoms. The Labute approximate surface area is 179 Å². The molecule has 1 saturated carbocycles. The Morgan fingerprint density at radius 2 is 1.57 bits per heavy atom. The summed E-state index contributed by atoms with van der Waals surface area (Å²) in [7, 11) is -4.04. The van der Waals surface area contributed by atoms with E-state index < -0.39 is 22.0 Å². The largest absolute Gasteiger partial charge is 0.338 e. The van der Waals surface area contributed by atoms with Crippen molar-refractivity contribution in [1.82, 2.24) is 14.1 Å². The minimum Gasteiger partial charge on any atom is -0.338 e. The number of piperazine rings is 1. The van der Waals surface area contributed by atoms with Gasteiger partial charge in [0.1, 0.15) is 6.04 Å². The van der Waals surface area contributed by atoms with Crippen LogP contribution in [-0.2, 0) is 19.6 Å². The maximum atomic E-state index is 13.2. The van der Waals surface area contributed by atoms with Crippen LogP contribution in [0.15, 0.2) is 29.2 Å². The highest BCUT2D eigenvalue weighted by atomic mass is 32.2. The van der Waals surface area contributed by atoms with Crippen molar-refractivity contribution in [3.63, 3.8) is 0 Å². The normalized spacial score (nSPS) is 24.4. The number of aryl methyl sites for hydroxylation is 1. The number of hydrogen-bond acceptors (Lipinski definition) is 5. The topological polar surface area (TPSA) is 78.0 Å². The lowest BCUT2D eigenvalue weighted by molar-refractivity contribution is -0.139. The third kappa shape index (κ3) is 4.12. The molecule has 1 aromatic rings. The van der Waals surface area contributed by atoms with Crippen LogP contribution in [0.25, 0.3) is 0 Å². The number of benzene rings is 1. The third-order valence-electron chi connectivity index (χ3n) is 6.74. The molecule has 0 N–H and O–H groups in total. The molecule has 0 aromatic heterocycles. The second kappa shape index (κ2) is 8.67. The number of rotatable bonds is 4. The molecule has 1 aromatic carbocycles. The van der Waals surface area contributed by atoms with E-state index in [1.54, 1.807) is 17.0 Å². The third-order valence-corrected chi connectivity index (χ3v) is 8.58. The number of sulfonamides is 1. The number of hydrogen-bond donors (Lipinski definition) is 0. The second-order valence-electron chi connectivity index (χ2n) is 8.72. The van der Waals surface area contributed by atoms with Crippen LogP contribution in [0.5, 0.6) is 0 Å². The zero-order valence-electron chi connectivity index (χ0n) is 17.6. The standard InChI is InChI=1S/C22H31N3O4S/c1-17-7-9-19(10-8-17)30(28,29)25-20(11-12-21(25)26)22(27)24-15-13-23(14-16-24)18-5-3-2-4-6-18/h7-10,18,20H,2-6,11-16H2,1H3/t20-/m1/s1. The molecule has 2 saturated heterocycles. The zero-order chi connectivity index (χ0) is 21.3. The molecule has 1 atom stereocenters. The van der Waals surface area contributed by atoms with Crippen LogP contribution in [0, 0.1) is 6.92 Å². The van der Waals surface area contributed by atoms with Gasteiger partial charge in [0.2, 0.25) is 11.8 Å². The Morgan fingerprint density at radius 1 is 0.933 bits per heavy atom. The van der Waals surface area contributed by atoms with Gasteiger partial charge in [0.25, 0.3) is 10.0 Å². The molecular weight excluding hydrogens is 402 g/mol. The average molecular weight is 434 g/mol. The van der Waals surface area contributed by atoms with E-state index >= 15 is 0 Å². The van der Waals surface area contributed by atoms with Crippen LogP contribution in [0.2, 0.25) is 0 Å². The summed E-state index contributed by atoms with van der Waals surface area (Å²) in [5, 5.41) is 0. The summed E-state index contributed by atoms with van der Waals surface area (Å²) >= 11 is 0. The summed E-state index contributed by atoms with van der Waals surface area (Å²) in [5.41, 5.74) is 0.935. The van der Waals surface area contributed by atoms with Crippen molar-refractivity contribution in [3.8, 4) is 0 Å². The van der Waals surface area contributed by atoms with Crippen molar-refractivity contribution in [3.05, 3.63) is 29.8 Å². The summed E-state index contributed by atoms with van der Waals surface area (Å²) in [5.74, 6) is -0.727. The predicted octanol–water partition coefficient (Wildman–Crippen LogP) is 2.15. The van der Waals surface area contributed by atoms with Crippen LogP contribution >= 0.6 is 0 Å². The average Bonchev–Trinajstić information content (AvgIpc) is 3.16. The molecule has 2 amide bonds. The summed E-state index contributed by atoms with van der Waals surface area (Å²) in [4.78, 5) is 30.0. The SMILES string of the molecule is Cc1ccc(S(=O)(=O)N2C(=O)CC[C@@H]2C(=O)N2CCN(C3CCCCC3)CC2)cc1. The van der Waals surface area contributed by atoms with Gasteiger partial charge in [-0.3, -0.25) is 14.5 Å². The summed E-state index contributed by atoms with van der Waals surface area (Å²) in [6.07, 6.45) is 6.67. The van der Waals surface area contributed by atoms with Gasteiger partial charge in [-0.2, -0.15) is 0 Å². The van der Waals surface area contributed by atoms with E-state index in [0.29, 0.717) is 19.1 Å². The summed E-state index contributed by atoms with van der Waals surface area (Å²) in [6.45, 7) is 4.71. The monoisotopic (exact) mass is 433 g/mol. The van der Waals surface area contributed by atoms with E-state index in [0.717, 1.165) is 23.0 Å². The maximum Gasteiger partial charge on any atom is 0.267 e. The van der Waals surface area contributed by atoms with Crippen LogP contribution < -0.4 is 0 Å². The van der Waals surface area contributed by atoms with E-state index in [1.807, 2.05) is 6.92 Å². The Hall–Kier alpha value is -1.93. The molecule has 0 bridgehead atoms. The first-order valence-electron chi connectivity index (χ1n) is 11.0. The Bertz CT molecular complexity index is 885. The molecule has 30 heavy (non-hydrogen) atoms. The van der Waals surface area contributed by atoms with Crippen molar-refractivity contribution in [2.24, 2.45) is 0 Å². The fourth-order valence-corrected chi connectivity index (χ4v) is 6.57. The van der Waals surface area contributed by atoms with E-state index in [2.05, 4.69) is 4.90 Å². The van der Waals surface area contributed by atoms with Gasteiger partial charge in [-0.25, -0.2) is 12.7 Å². The quantitative estimate of drug-likeness (QED) is 0.727. The fraction of sp³-hybridized carbons (Fsp3) is 0.636. The molecule has 4 rings (SSSR count). The Morgan fingerprint density at radius 3 is 2.20 bits per heavy atom. The molecule has 0 radical (unpaired) electrons. The minimum atomic E-state index is -4.04. The first-order valence-corrected chi connectivity index (χ1v) is 12.5. The van der Waals surface area contributed by atoms with Gasteiger partial charge in [-0.1, -0.05) is 37.0 Å². The van der Waals surface area contributed by atoms with Gasteiger partial charge >= 0.3 is 0 Å². The number of carbonyl (C=O) groups excluding carboxylic acids is 2. The van der Waals surface area contributed by atoms with Crippen molar-refractivity contribution in [2.75, 3.05) is 26.2 Å². The highest BCUT2D eigenvalue weighted by Crippen LogP contribution is 2.29. The molecule has 2 aliphatic heterocycles. The minimum absolute atomic E-state index is 0.0586. The molecule has 3 aliphatic rings. The van der Waals surface area contributed by atoms with E-state index in [-0.39, 0.29) is 23.6 Å². The van der Waals surface area contributed by atoms with E-state index in [1.165, 1.54) is 44.2 Å². The zero-order valence-corrected chi connectivity index (χ0v) is 18.4. The van der Waals surface area contributed by atoms with Gasteiger partial charge in [-0.15, -0.1) is 0 Å². The lowest BCUT2D eigenvalue weighted by atomic mass is 9.94. The number of nitrogens with zero attached hydrogens (tertiary/aromatic N) is 3. The van der Waals surface area contributed by atoms with Crippen LogP contribution in [-0.4, -0.2) is 72.6 Å². The molecule has 7 nitrogen and oxygen atoms in total. The summed E-state index contributed by atoms with van der Waals surface area (Å²) in [6, 6.07) is 6.10. The van der Waals surface area contributed by atoms with Crippen molar-refractivity contribution < 1.29 is 18.0 Å². The molecule has 8 heteroatoms. The number of amides is 2. The first kappa shape index (κ1) is 21.3. The van der Waals surface area contributed by atoms with E-state index in [4.69, 9.17) is 0 Å². The molecule has 0 unspecified atom stereocenters. The van der Waals surface area contributed by atoms with Gasteiger partial charge in [-0.05, 0) is 38.3 Å². The molecule has 2 heterocycles. The second-order valence-corrected chi connectivity index (χ2v) is 10.5. The highest BCUT2D eigenvalue weighted by molar-refractivity contribution is 7.89. The van der Waals surface area contributed by atoms with Gasteiger partial charge in [0, 0.05) is 38.6 Å². The van der Waals surface area contributed by atoms with Crippen LogP contribution in [0.4, 0.5) is 0 Å². The lowest BCUT2D eigenvalue weighted by Gasteiger charge is -2.41. The van der Waals surface area contributed by atoms with Gasteiger partial charge in [0.15, 0.2) is 0 Å². The van der Waals surface area contributed by atoms with Gasteiger partial charge in [0.05, 0.1) is 4.90 Å². The Balaban J connectivity index is 1.45. The van der Waals surface area contributed by atoms with Crippen LogP contribution in [0.3, 0.4) is 0 Å². The summed E-state index contributed by atoms with van der Waals surface area (Å²) < 4.78 is 27.1.